The lowest BCUT2D eigenvalue weighted by Gasteiger charge is -2.23. The van der Waals surface area contributed by atoms with Gasteiger partial charge in [0.05, 0.1) is 0 Å². The predicted molar refractivity (Wildman–Crippen MR) is 160 cm³/mol. The van der Waals surface area contributed by atoms with Gasteiger partial charge in [0.1, 0.15) is 0 Å². The molecule has 35 heavy (non-hydrogen) atoms. The van der Waals surface area contributed by atoms with Crippen LogP contribution in [0.1, 0.15) is 92.2 Å². The highest BCUT2D eigenvalue weighted by Crippen LogP contribution is 2.36. The van der Waals surface area contributed by atoms with Crippen molar-refractivity contribution in [1.29, 1.82) is 0 Å². The van der Waals surface area contributed by atoms with E-state index in [9.17, 15) is 0 Å². The first-order valence-electron chi connectivity index (χ1n) is 13.5. The maximum absolute atomic E-state index is 4.58. The van der Waals surface area contributed by atoms with Crippen molar-refractivity contribution in [2.45, 2.75) is 87.5 Å². The van der Waals surface area contributed by atoms with Crippen molar-refractivity contribution >= 4 is 5.57 Å². The van der Waals surface area contributed by atoms with Crippen LogP contribution in [0, 0.1) is 11.3 Å². The van der Waals surface area contributed by atoms with E-state index < -0.39 is 0 Å². The Morgan fingerprint density at radius 3 is 2.31 bits per heavy atom. The van der Waals surface area contributed by atoms with E-state index in [-0.39, 0.29) is 0 Å². The fourth-order valence-electron chi connectivity index (χ4n) is 4.06. The minimum absolute atomic E-state index is 0.396. The van der Waals surface area contributed by atoms with Crippen LogP contribution in [-0.2, 0) is 6.42 Å². The fraction of sp³-hybridized carbons (Fsp3) is 0.529. The van der Waals surface area contributed by atoms with Gasteiger partial charge in [-0.2, -0.15) is 0 Å². The Morgan fingerprint density at radius 2 is 1.77 bits per heavy atom. The summed E-state index contributed by atoms with van der Waals surface area (Å²) in [5, 5.41) is 0. The zero-order chi connectivity index (χ0) is 26.6. The maximum Gasteiger partial charge on any atom is -0.00533 e. The van der Waals surface area contributed by atoms with E-state index >= 15 is 0 Å². The van der Waals surface area contributed by atoms with Gasteiger partial charge in [-0.05, 0) is 106 Å². The number of hydrogen-bond acceptors (Lipinski definition) is 1. The van der Waals surface area contributed by atoms with E-state index in [1.54, 1.807) is 0 Å². The number of rotatable bonds is 9. The summed E-state index contributed by atoms with van der Waals surface area (Å²) in [5.74, 6) is 0.551. The van der Waals surface area contributed by atoms with Crippen LogP contribution in [0.4, 0.5) is 0 Å². The smallest absolute Gasteiger partial charge is 0.00533 e. The van der Waals surface area contributed by atoms with Gasteiger partial charge >= 0.3 is 0 Å². The summed E-state index contributed by atoms with van der Waals surface area (Å²) >= 11 is 0. The summed E-state index contributed by atoms with van der Waals surface area (Å²) in [5.41, 5.74) is 9.67. The average Bonchev–Trinajstić information content (AvgIpc) is 2.78. The molecule has 0 amide bonds. The minimum atomic E-state index is 0.396. The second kappa shape index (κ2) is 15.1. The van der Waals surface area contributed by atoms with Crippen molar-refractivity contribution in [3.63, 3.8) is 0 Å². The lowest BCUT2D eigenvalue weighted by Crippen LogP contribution is -2.08. The molecule has 0 aromatic heterocycles. The fourth-order valence-corrected chi connectivity index (χ4v) is 4.06. The molecule has 1 aromatic rings. The molecule has 194 valence electrons. The summed E-state index contributed by atoms with van der Waals surface area (Å²) in [6, 6.07) is 9.10. The Hall–Kier alpha value is -2.12. The van der Waals surface area contributed by atoms with E-state index in [1.807, 2.05) is 0 Å². The molecule has 0 radical (unpaired) electrons. The Kier molecular flexibility index (Phi) is 13.3. The van der Waals surface area contributed by atoms with Crippen LogP contribution >= 0.6 is 0 Å². The Bertz CT molecular complexity index is 922. The first-order chi connectivity index (χ1) is 16.4. The Morgan fingerprint density at radius 1 is 1.11 bits per heavy atom. The van der Waals surface area contributed by atoms with Crippen LogP contribution in [0.15, 0.2) is 77.4 Å². The third-order valence-corrected chi connectivity index (χ3v) is 6.40. The highest BCUT2D eigenvalue weighted by atomic mass is 15.0. The van der Waals surface area contributed by atoms with Crippen molar-refractivity contribution in [2.24, 2.45) is 11.3 Å². The molecule has 0 aliphatic heterocycles. The SMILES string of the molecule is C=C(C1=C(C(C)C)CCC=C1)/C(=C\C=C(C)C)c1cccc(CCCC(C)(C)C)c1.CCN(C)C. The Labute approximate surface area is 218 Å². The monoisotopic (exact) mass is 475 g/mol. The second-order valence-electron chi connectivity index (χ2n) is 11.8. The van der Waals surface area contributed by atoms with Gasteiger partial charge in [0.15, 0.2) is 0 Å². The van der Waals surface area contributed by atoms with Crippen LogP contribution in [0.2, 0.25) is 0 Å². The topological polar surface area (TPSA) is 3.24 Å². The van der Waals surface area contributed by atoms with Crippen molar-refractivity contribution in [2.75, 3.05) is 20.6 Å². The van der Waals surface area contributed by atoms with E-state index in [2.05, 4.69) is 130 Å². The molecule has 0 heterocycles. The zero-order valence-corrected chi connectivity index (χ0v) is 24.6. The zero-order valence-electron chi connectivity index (χ0n) is 24.6. The molecule has 0 saturated heterocycles. The van der Waals surface area contributed by atoms with Gasteiger partial charge < -0.3 is 4.90 Å². The first kappa shape index (κ1) is 30.9. The molecular formula is C34H53N. The quantitative estimate of drug-likeness (QED) is 0.321. The van der Waals surface area contributed by atoms with Gasteiger partial charge in [-0.15, -0.1) is 0 Å². The van der Waals surface area contributed by atoms with E-state index in [4.69, 9.17) is 0 Å². The molecule has 1 aromatic carbocycles. The van der Waals surface area contributed by atoms with Crippen LogP contribution in [0.25, 0.3) is 5.57 Å². The molecule has 1 aliphatic carbocycles. The van der Waals surface area contributed by atoms with Gasteiger partial charge in [-0.3, -0.25) is 0 Å². The first-order valence-corrected chi connectivity index (χ1v) is 13.5. The van der Waals surface area contributed by atoms with Crippen LogP contribution in [0.5, 0.6) is 0 Å². The van der Waals surface area contributed by atoms with Crippen molar-refractivity contribution < 1.29 is 0 Å². The number of aryl methyl sites for hydroxylation is 1. The van der Waals surface area contributed by atoms with Gasteiger partial charge in [0.25, 0.3) is 0 Å². The molecule has 0 unspecified atom stereocenters. The molecule has 2 rings (SSSR count). The minimum Gasteiger partial charge on any atom is -0.310 e. The molecule has 0 saturated carbocycles. The van der Waals surface area contributed by atoms with Crippen molar-refractivity contribution in [3.8, 4) is 0 Å². The summed E-state index contributed by atoms with van der Waals surface area (Å²) in [7, 11) is 4.11. The maximum atomic E-state index is 4.58. The largest absolute Gasteiger partial charge is 0.310 e. The van der Waals surface area contributed by atoms with Crippen LogP contribution in [-0.4, -0.2) is 25.5 Å². The lowest BCUT2D eigenvalue weighted by molar-refractivity contribution is 0.365. The lowest BCUT2D eigenvalue weighted by atomic mass is 9.82. The van der Waals surface area contributed by atoms with Crippen molar-refractivity contribution in [1.82, 2.24) is 4.90 Å². The number of nitrogens with zero attached hydrogens (tertiary/aromatic N) is 1. The Balaban J connectivity index is 0.00000111. The van der Waals surface area contributed by atoms with Gasteiger partial charge in [0.2, 0.25) is 0 Å². The molecule has 1 nitrogen and oxygen atoms in total. The van der Waals surface area contributed by atoms with Gasteiger partial charge in [0, 0.05) is 0 Å². The van der Waals surface area contributed by atoms with E-state index in [1.165, 1.54) is 46.3 Å². The van der Waals surface area contributed by atoms with Gasteiger partial charge in [-0.1, -0.05) is 108 Å². The highest BCUT2D eigenvalue weighted by Gasteiger charge is 2.17. The van der Waals surface area contributed by atoms with Crippen molar-refractivity contribution in [3.05, 3.63) is 88.6 Å². The molecule has 0 atom stereocenters. The third kappa shape index (κ3) is 11.9. The molecule has 0 fully saturated rings. The number of allylic oxidation sites excluding steroid dienone is 9. The predicted octanol–water partition coefficient (Wildman–Crippen LogP) is 9.83. The third-order valence-electron chi connectivity index (χ3n) is 6.40. The summed E-state index contributed by atoms with van der Waals surface area (Å²) in [6.07, 6.45) is 15.0. The molecule has 0 N–H and O–H groups in total. The average molecular weight is 476 g/mol. The second-order valence-corrected chi connectivity index (χ2v) is 11.8. The standard InChI is InChI=1S/C30H42.C4H11N/c1-22(2)18-19-28(24(5)29-17-10-9-16-27(29)23(3)4)26-15-11-13-25(21-26)14-12-20-30(6,7)8;1-4-5(2)3/h10-11,13,15,17-19,21,23H,5,9,12,14,16,20H2,1-4,6-8H3;4H2,1-3H3/b28-19+;. The molecule has 1 aliphatic rings. The summed E-state index contributed by atoms with van der Waals surface area (Å²) in [4.78, 5) is 2.12. The van der Waals surface area contributed by atoms with Gasteiger partial charge in [-0.25, -0.2) is 0 Å². The molecule has 0 spiro atoms. The summed E-state index contributed by atoms with van der Waals surface area (Å²) in [6.45, 7) is 23.7. The molecular weight excluding hydrogens is 422 g/mol. The van der Waals surface area contributed by atoms with Crippen LogP contribution < -0.4 is 0 Å². The molecule has 1 heteroatoms. The number of benzene rings is 1. The molecule has 0 bridgehead atoms. The van der Waals surface area contributed by atoms with E-state index in [0.29, 0.717) is 11.3 Å². The summed E-state index contributed by atoms with van der Waals surface area (Å²) < 4.78 is 0. The highest BCUT2D eigenvalue weighted by molar-refractivity contribution is 5.85. The van der Waals surface area contributed by atoms with E-state index in [0.717, 1.165) is 31.4 Å². The number of hydrogen-bond donors (Lipinski definition) is 0. The van der Waals surface area contributed by atoms with Crippen LogP contribution in [0.3, 0.4) is 0 Å². The normalized spacial score (nSPS) is 14.2.